The zero-order valence-corrected chi connectivity index (χ0v) is 17.1. The number of carbonyl (C=O) groups is 1. The number of rotatable bonds is 3. The average Bonchev–Trinajstić information content (AvgIpc) is 3.20. The van der Waals surface area contributed by atoms with Gasteiger partial charge in [-0.05, 0) is 49.2 Å². The van der Waals surface area contributed by atoms with Gasteiger partial charge in [0.15, 0.2) is 0 Å². The summed E-state index contributed by atoms with van der Waals surface area (Å²) in [4.78, 5) is 19.6. The minimum Gasteiger partial charge on any atom is -0.285 e. The number of hydrogen-bond donors (Lipinski definition) is 1. The molecule has 2 aliphatic heterocycles. The molecule has 0 bridgehead atoms. The monoisotopic (exact) mass is 417 g/mol. The molecule has 3 aromatic carbocycles. The molecule has 2 heterocycles. The maximum Gasteiger partial charge on any atom is 0.265 e. The number of halogens is 1. The Hall–Kier alpha value is -2.96. The van der Waals surface area contributed by atoms with Crippen LogP contribution in [0.2, 0.25) is 0 Å². The zero-order valence-electron chi connectivity index (χ0n) is 16.3. The normalized spacial score (nSPS) is 15.7. The number of hydrogen-bond acceptors (Lipinski definition) is 4. The van der Waals surface area contributed by atoms with Crippen molar-refractivity contribution in [3.63, 3.8) is 0 Å². The van der Waals surface area contributed by atoms with E-state index < -0.39 is 0 Å². The number of amides is 1. The molecule has 2 aliphatic rings. The highest BCUT2D eigenvalue weighted by Gasteiger charge is 2.21. The van der Waals surface area contributed by atoms with Crippen LogP contribution >= 0.6 is 11.8 Å². The standard InChI is InChI=1S/C24H20FN3OS/c25-18-7-5-6-16(14-18)23-19-8-1-2-9-21(19)30-22-11-10-17(15-20(22)26-23)24(29)27-28-12-3-4-13-28/h1-2,5-11,14-15H,3-4,12-13H2,(H,27,29). The molecule has 1 amide bonds. The fraction of sp³-hybridized carbons (Fsp3) is 0.167. The van der Waals surface area contributed by atoms with Crippen LogP contribution in [0.1, 0.15) is 34.3 Å². The van der Waals surface area contributed by atoms with Gasteiger partial charge in [-0.2, -0.15) is 0 Å². The van der Waals surface area contributed by atoms with Crippen molar-refractivity contribution >= 4 is 29.1 Å². The Balaban J connectivity index is 1.58. The molecule has 3 aromatic rings. The molecule has 1 N–H and O–H groups in total. The first-order valence-electron chi connectivity index (χ1n) is 9.99. The van der Waals surface area contributed by atoms with Gasteiger partial charge in [0.05, 0.1) is 11.4 Å². The lowest BCUT2D eigenvalue weighted by molar-refractivity contribution is 0.0826. The van der Waals surface area contributed by atoms with E-state index in [1.807, 2.05) is 53.5 Å². The van der Waals surface area contributed by atoms with Crippen molar-refractivity contribution in [3.05, 3.63) is 89.2 Å². The smallest absolute Gasteiger partial charge is 0.265 e. The highest BCUT2D eigenvalue weighted by atomic mass is 32.2. The van der Waals surface area contributed by atoms with E-state index in [0.717, 1.165) is 41.3 Å². The molecular weight excluding hydrogens is 397 g/mol. The molecule has 4 nitrogen and oxygen atoms in total. The molecule has 1 saturated heterocycles. The van der Waals surface area contributed by atoms with Crippen LogP contribution in [0.5, 0.6) is 0 Å². The van der Waals surface area contributed by atoms with Crippen molar-refractivity contribution in [2.45, 2.75) is 22.6 Å². The molecule has 0 atom stereocenters. The first-order valence-corrected chi connectivity index (χ1v) is 10.8. The van der Waals surface area contributed by atoms with Crippen LogP contribution in [0.3, 0.4) is 0 Å². The highest BCUT2D eigenvalue weighted by molar-refractivity contribution is 7.99. The Bertz CT molecular complexity index is 1150. The quantitative estimate of drug-likeness (QED) is 0.498. The van der Waals surface area contributed by atoms with Gasteiger partial charge in [0.25, 0.3) is 5.91 Å². The number of aliphatic imine (C=N–C) groups is 1. The maximum absolute atomic E-state index is 13.9. The van der Waals surface area contributed by atoms with E-state index >= 15 is 0 Å². The number of benzene rings is 3. The Morgan fingerprint density at radius 2 is 1.80 bits per heavy atom. The van der Waals surface area contributed by atoms with Crippen LogP contribution in [0.15, 0.2) is 81.5 Å². The molecule has 150 valence electrons. The zero-order chi connectivity index (χ0) is 20.5. The van der Waals surface area contributed by atoms with E-state index in [1.54, 1.807) is 17.8 Å². The Morgan fingerprint density at radius 1 is 0.967 bits per heavy atom. The van der Waals surface area contributed by atoms with Gasteiger partial charge in [0.1, 0.15) is 5.82 Å². The lowest BCUT2D eigenvalue weighted by atomic mass is 10.0. The number of fused-ring (bicyclic) bond motifs is 2. The predicted molar refractivity (Wildman–Crippen MR) is 117 cm³/mol. The molecular formula is C24H20FN3OS. The van der Waals surface area contributed by atoms with Crippen molar-refractivity contribution in [1.29, 1.82) is 0 Å². The van der Waals surface area contributed by atoms with Gasteiger partial charge in [-0.25, -0.2) is 14.4 Å². The molecule has 0 saturated carbocycles. The van der Waals surface area contributed by atoms with Crippen molar-refractivity contribution in [2.75, 3.05) is 13.1 Å². The molecule has 0 unspecified atom stereocenters. The van der Waals surface area contributed by atoms with Crippen molar-refractivity contribution in [3.8, 4) is 0 Å². The molecule has 0 aliphatic carbocycles. The summed E-state index contributed by atoms with van der Waals surface area (Å²) in [5, 5.41) is 1.96. The van der Waals surface area contributed by atoms with Crippen LogP contribution in [-0.4, -0.2) is 29.7 Å². The van der Waals surface area contributed by atoms with Crippen LogP contribution in [-0.2, 0) is 0 Å². The molecule has 0 aromatic heterocycles. The fourth-order valence-corrected chi connectivity index (χ4v) is 4.78. The lowest BCUT2D eigenvalue weighted by Crippen LogP contribution is -2.39. The molecule has 0 radical (unpaired) electrons. The number of hydrazine groups is 1. The third-order valence-corrected chi connectivity index (χ3v) is 6.42. The van der Waals surface area contributed by atoms with Gasteiger partial charge >= 0.3 is 0 Å². The summed E-state index contributed by atoms with van der Waals surface area (Å²) < 4.78 is 13.9. The second-order valence-corrected chi connectivity index (χ2v) is 8.47. The van der Waals surface area contributed by atoms with Crippen LogP contribution in [0.4, 0.5) is 10.1 Å². The van der Waals surface area contributed by atoms with E-state index in [0.29, 0.717) is 22.5 Å². The predicted octanol–water partition coefficient (Wildman–Crippen LogP) is 5.20. The van der Waals surface area contributed by atoms with Gasteiger partial charge in [-0.1, -0.05) is 42.1 Å². The minimum absolute atomic E-state index is 0.131. The Labute approximate surface area is 178 Å². The van der Waals surface area contributed by atoms with Crippen molar-refractivity contribution in [1.82, 2.24) is 10.4 Å². The number of nitrogens with one attached hydrogen (secondary N) is 1. The lowest BCUT2D eigenvalue weighted by Gasteiger charge is -2.16. The van der Waals surface area contributed by atoms with E-state index in [-0.39, 0.29) is 11.7 Å². The van der Waals surface area contributed by atoms with E-state index in [1.165, 1.54) is 12.1 Å². The van der Waals surface area contributed by atoms with E-state index in [4.69, 9.17) is 4.99 Å². The summed E-state index contributed by atoms with van der Waals surface area (Å²) in [6, 6.07) is 20.0. The first-order chi connectivity index (χ1) is 14.7. The summed E-state index contributed by atoms with van der Waals surface area (Å²) in [5.41, 5.74) is 6.62. The topological polar surface area (TPSA) is 44.7 Å². The second kappa shape index (κ2) is 8.05. The summed E-state index contributed by atoms with van der Waals surface area (Å²) in [5.74, 6) is -0.433. The van der Waals surface area contributed by atoms with Crippen LogP contribution < -0.4 is 5.43 Å². The average molecular weight is 418 g/mol. The van der Waals surface area contributed by atoms with Crippen molar-refractivity contribution < 1.29 is 9.18 Å². The maximum atomic E-state index is 13.9. The van der Waals surface area contributed by atoms with Crippen LogP contribution in [0.25, 0.3) is 0 Å². The molecule has 0 spiro atoms. The van der Waals surface area contributed by atoms with Gasteiger partial charge in [-0.3, -0.25) is 10.2 Å². The summed E-state index contributed by atoms with van der Waals surface area (Å²) >= 11 is 1.61. The van der Waals surface area contributed by atoms with E-state index in [2.05, 4.69) is 5.43 Å². The first kappa shape index (κ1) is 19.0. The third-order valence-electron chi connectivity index (χ3n) is 5.28. The highest BCUT2D eigenvalue weighted by Crippen LogP contribution is 2.41. The number of nitrogens with zero attached hydrogens (tertiary/aromatic N) is 2. The van der Waals surface area contributed by atoms with Gasteiger partial charge in [0, 0.05) is 39.6 Å². The molecule has 5 rings (SSSR count). The summed E-state index contributed by atoms with van der Waals surface area (Å²) in [7, 11) is 0. The second-order valence-electron chi connectivity index (χ2n) is 7.39. The van der Waals surface area contributed by atoms with Gasteiger partial charge < -0.3 is 0 Å². The third kappa shape index (κ3) is 3.76. The molecule has 1 fully saturated rings. The summed E-state index contributed by atoms with van der Waals surface area (Å²) in [6.45, 7) is 1.76. The fourth-order valence-electron chi connectivity index (χ4n) is 3.78. The van der Waals surface area contributed by atoms with Gasteiger partial charge in [-0.15, -0.1) is 0 Å². The Kier molecular flexibility index (Phi) is 5.11. The Morgan fingerprint density at radius 3 is 2.63 bits per heavy atom. The molecule has 6 heteroatoms. The van der Waals surface area contributed by atoms with Crippen molar-refractivity contribution in [2.24, 2.45) is 4.99 Å². The largest absolute Gasteiger partial charge is 0.285 e. The summed E-state index contributed by atoms with van der Waals surface area (Å²) in [6.07, 6.45) is 2.20. The SMILES string of the molecule is O=C(NN1CCCC1)c1ccc2c(c1)N=C(c1cccc(F)c1)c1ccccc1S2. The van der Waals surface area contributed by atoms with Gasteiger partial charge in [0.2, 0.25) is 0 Å². The van der Waals surface area contributed by atoms with Crippen LogP contribution in [0, 0.1) is 5.82 Å². The van der Waals surface area contributed by atoms with E-state index in [9.17, 15) is 9.18 Å². The number of carbonyl (C=O) groups excluding carboxylic acids is 1. The molecule has 30 heavy (non-hydrogen) atoms. The minimum atomic E-state index is -0.302.